The summed E-state index contributed by atoms with van der Waals surface area (Å²) in [6.07, 6.45) is 0. The first-order valence-corrected chi connectivity index (χ1v) is 8.25. The molecule has 0 aliphatic rings. The van der Waals surface area contributed by atoms with Crippen molar-refractivity contribution in [2.24, 2.45) is 5.73 Å². The highest BCUT2D eigenvalue weighted by Gasteiger charge is 2.16. The van der Waals surface area contributed by atoms with Crippen molar-refractivity contribution in [1.82, 2.24) is 10.6 Å². The van der Waals surface area contributed by atoms with E-state index in [1.807, 2.05) is 20.8 Å². The fourth-order valence-corrected chi connectivity index (χ4v) is 2.55. The fraction of sp³-hybridized carbons (Fsp3) is 0.412. The molecule has 24 heavy (non-hydrogen) atoms. The van der Waals surface area contributed by atoms with Gasteiger partial charge in [-0.25, -0.2) is 0 Å². The third-order valence-corrected chi connectivity index (χ3v) is 3.82. The molecule has 0 aromatic heterocycles. The maximum atomic E-state index is 12.5. The maximum absolute atomic E-state index is 12.5. The molecule has 0 saturated carbocycles. The van der Waals surface area contributed by atoms with Gasteiger partial charge < -0.3 is 21.7 Å². The van der Waals surface area contributed by atoms with Crippen molar-refractivity contribution < 1.29 is 9.59 Å². The normalized spacial score (nSPS) is 11.5. The van der Waals surface area contributed by atoms with Crippen molar-refractivity contribution in [2.45, 2.75) is 27.7 Å². The summed E-state index contributed by atoms with van der Waals surface area (Å²) in [6, 6.07) is 3.39. The van der Waals surface area contributed by atoms with Gasteiger partial charge in [0.05, 0.1) is 12.1 Å². The predicted molar refractivity (Wildman–Crippen MR) is 98.3 cm³/mol. The van der Waals surface area contributed by atoms with Crippen LogP contribution in [0.4, 0.5) is 5.69 Å². The Balaban J connectivity index is 3.00. The Morgan fingerprint density at radius 1 is 1.17 bits per heavy atom. The summed E-state index contributed by atoms with van der Waals surface area (Å²) in [6.45, 7) is 8.91. The van der Waals surface area contributed by atoms with Gasteiger partial charge in [-0.05, 0) is 45.4 Å². The standard InChI is InChI=1S/C17H25ClN4O2/c1-5-20-11(4)14(16(19)23)9-22-17(24)13-7-12(18)8-15(10(13)3)21-6-2/h7-8,20-21H,5-6,9H2,1-4H3,(H2,19,23)(H,22,24)/b14-11-. The third kappa shape index (κ3) is 5.16. The molecule has 132 valence electrons. The van der Waals surface area contributed by atoms with Crippen molar-refractivity contribution in [3.63, 3.8) is 0 Å². The average molecular weight is 353 g/mol. The molecule has 6 nitrogen and oxygen atoms in total. The SMILES string of the molecule is CCN/C(C)=C(/CNC(=O)c1cc(Cl)cc(NCC)c1C)C(N)=O. The summed E-state index contributed by atoms with van der Waals surface area (Å²) in [5, 5.41) is 9.41. The van der Waals surface area contributed by atoms with Crippen LogP contribution in [0.15, 0.2) is 23.4 Å². The van der Waals surface area contributed by atoms with E-state index < -0.39 is 5.91 Å². The quantitative estimate of drug-likeness (QED) is 0.539. The van der Waals surface area contributed by atoms with Crippen molar-refractivity contribution in [3.8, 4) is 0 Å². The van der Waals surface area contributed by atoms with Crippen molar-refractivity contribution >= 4 is 29.1 Å². The first kappa shape index (κ1) is 19.8. The molecule has 0 radical (unpaired) electrons. The van der Waals surface area contributed by atoms with Gasteiger partial charge in [0.25, 0.3) is 5.91 Å². The minimum absolute atomic E-state index is 0.0511. The second kappa shape index (κ2) is 9.17. The van der Waals surface area contributed by atoms with Crippen molar-refractivity contribution in [1.29, 1.82) is 0 Å². The third-order valence-electron chi connectivity index (χ3n) is 3.60. The Kier molecular flexibility index (Phi) is 7.58. The molecule has 0 heterocycles. The molecule has 2 amide bonds. The predicted octanol–water partition coefficient (Wildman–Crippen LogP) is 2.18. The summed E-state index contributed by atoms with van der Waals surface area (Å²) in [4.78, 5) is 24.1. The molecule has 5 N–H and O–H groups in total. The second-order valence-corrected chi connectivity index (χ2v) is 5.77. The van der Waals surface area contributed by atoms with Gasteiger partial charge in [0, 0.05) is 35.1 Å². The van der Waals surface area contributed by atoms with Gasteiger partial charge >= 0.3 is 0 Å². The molecule has 0 saturated heterocycles. The average Bonchev–Trinajstić information content (AvgIpc) is 2.50. The molecule has 0 aliphatic carbocycles. The molecule has 1 rings (SSSR count). The maximum Gasteiger partial charge on any atom is 0.251 e. The summed E-state index contributed by atoms with van der Waals surface area (Å²) < 4.78 is 0. The zero-order valence-corrected chi connectivity index (χ0v) is 15.3. The van der Waals surface area contributed by atoms with E-state index in [-0.39, 0.29) is 12.5 Å². The number of carbonyl (C=O) groups is 2. The number of rotatable bonds is 8. The first-order chi connectivity index (χ1) is 11.3. The molecular weight excluding hydrogens is 328 g/mol. The highest BCUT2D eigenvalue weighted by Crippen LogP contribution is 2.24. The Bertz CT molecular complexity index is 656. The second-order valence-electron chi connectivity index (χ2n) is 5.34. The summed E-state index contributed by atoms with van der Waals surface area (Å²) in [7, 11) is 0. The fourth-order valence-electron chi connectivity index (χ4n) is 2.33. The number of amides is 2. The van der Waals surface area contributed by atoms with Gasteiger partial charge in [0.1, 0.15) is 0 Å². The smallest absolute Gasteiger partial charge is 0.251 e. The zero-order valence-electron chi connectivity index (χ0n) is 14.5. The van der Waals surface area contributed by atoms with Crippen LogP contribution in [0.1, 0.15) is 36.7 Å². The van der Waals surface area contributed by atoms with Crippen LogP contribution in [0.5, 0.6) is 0 Å². The van der Waals surface area contributed by atoms with E-state index in [4.69, 9.17) is 17.3 Å². The molecular formula is C17H25ClN4O2. The van der Waals surface area contributed by atoms with E-state index in [1.54, 1.807) is 19.1 Å². The van der Waals surface area contributed by atoms with Crippen molar-refractivity contribution in [2.75, 3.05) is 25.0 Å². The number of hydrogen-bond donors (Lipinski definition) is 4. The van der Waals surface area contributed by atoms with Gasteiger partial charge in [0.15, 0.2) is 0 Å². The van der Waals surface area contributed by atoms with Crippen LogP contribution < -0.4 is 21.7 Å². The monoisotopic (exact) mass is 352 g/mol. The Morgan fingerprint density at radius 2 is 1.83 bits per heavy atom. The van der Waals surface area contributed by atoms with Gasteiger partial charge in [-0.2, -0.15) is 0 Å². The number of allylic oxidation sites excluding steroid dienone is 1. The van der Waals surface area contributed by atoms with Crippen LogP contribution in [0.2, 0.25) is 5.02 Å². The molecule has 1 aromatic rings. The summed E-state index contributed by atoms with van der Waals surface area (Å²) >= 11 is 6.09. The molecule has 0 spiro atoms. The van der Waals surface area contributed by atoms with E-state index in [9.17, 15) is 9.59 Å². The number of benzene rings is 1. The molecule has 0 fully saturated rings. The van der Waals surface area contributed by atoms with Crippen LogP contribution in [0.25, 0.3) is 0 Å². The minimum Gasteiger partial charge on any atom is -0.388 e. The van der Waals surface area contributed by atoms with Crippen LogP contribution >= 0.6 is 11.6 Å². The number of nitrogens with one attached hydrogen (secondary N) is 3. The first-order valence-electron chi connectivity index (χ1n) is 7.87. The van der Waals surface area contributed by atoms with Crippen molar-refractivity contribution in [3.05, 3.63) is 39.6 Å². The molecule has 0 aliphatic heterocycles. The Morgan fingerprint density at radius 3 is 2.38 bits per heavy atom. The number of hydrogen-bond acceptors (Lipinski definition) is 4. The lowest BCUT2D eigenvalue weighted by Gasteiger charge is -2.15. The van der Waals surface area contributed by atoms with Crippen LogP contribution in [-0.4, -0.2) is 31.4 Å². The van der Waals surface area contributed by atoms with Crippen LogP contribution in [-0.2, 0) is 4.79 Å². The zero-order chi connectivity index (χ0) is 18.3. The summed E-state index contributed by atoms with van der Waals surface area (Å²) in [5.41, 5.74) is 8.46. The molecule has 7 heteroatoms. The van der Waals surface area contributed by atoms with E-state index >= 15 is 0 Å². The lowest BCUT2D eigenvalue weighted by Crippen LogP contribution is -2.33. The van der Waals surface area contributed by atoms with Crippen LogP contribution in [0.3, 0.4) is 0 Å². The number of halogens is 1. The lowest BCUT2D eigenvalue weighted by atomic mass is 10.1. The van der Waals surface area contributed by atoms with Gasteiger partial charge in [-0.15, -0.1) is 0 Å². The summed E-state index contributed by atoms with van der Waals surface area (Å²) in [5.74, 6) is -0.873. The largest absolute Gasteiger partial charge is 0.388 e. The van der Waals surface area contributed by atoms with E-state index in [2.05, 4.69) is 16.0 Å². The number of nitrogens with two attached hydrogens (primary N) is 1. The van der Waals surface area contributed by atoms with E-state index in [0.717, 1.165) is 17.8 Å². The number of primary amides is 1. The van der Waals surface area contributed by atoms with Gasteiger partial charge in [0.2, 0.25) is 5.91 Å². The highest BCUT2D eigenvalue weighted by atomic mass is 35.5. The Hall–Kier alpha value is -2.21. The van der Waals surface area contributed by atoms with Gasteiger partial charge in [-0.1, -0.05) is 11.6 Å². The molecule has 1 aromatic carbocycles. The lowest BCUT2D eigenvalue weighted by molar-refractivity contribution is -0.114. The number of anilines is 1. The Labute approximate surface area is 147 Å². The topological polar surface area (TPSA) is 96.2 Å². The van der Waals surface area contributed by atoms with E-state index in [1.165, 1.54) is 0 Å². The molecule has 0 bridgehead atoms. The molecule has 0 unspecified atom stereocenters. The number of carbonyl (C=O) groups excluding carboxylic acids is 2. The highest BCUT2D eigenvalue weighted by molar-refractivity contribution is 6.31. The molecule has 0 atom stereocenters. The minimum atomic E-state index is -0.565. The van der Waals surface area contributed by atoms with E-state index in [0.29, 0.717) is 28.4 Å². The van der Waals surface area contributed by atoms with Crippen LogP contribution in [0, 0.1) is 6.92 Å². The van der Waals surface area contributed by atoms with Gasteiger partial charge in [-0.3, -0.25) is 9.59 Å².